The monoisotopic (exact) mass is 300 g/mol. The molecule has 94 valence electrons. The Kier molecular flexibility index (Phi) is 4.29. The van der Waals surface area contributed by atoms with Gasteiger partial charge < -0.3 is 14.6 Å². The van der Waals surface area contributed by atoms with Crippen molar-refractivity contribution in [3.63, 3.8) is 0 Å². The van der Waals surface area contributed by atoms with E-state index < -0.39 is 0 Å². The second kappa shape index (κ2) is 5.74. The van der Waals surface area contributed by atoms with Gasteiger partial charge in [0.2, 0.25) is 0 Å². The Bertz CT molecular complexity index is 404. The summed E-state index contributed by atoms with van der Waals surface area (Å²) in [4.78, 5) is 0. The third-order valence-corrected chi connectivity index (χ3v) is 3.76. The van der Waals surface area contributed by atoms with Crippen LogP contribution in [-0.4, -0.2) is 24.9 Å². The molecule has 17 heavy (non-hydrogen) atoms. The smallest absolute Gasteiger partial charge is 0.175 e. The first kappa shape index (κ1) is 12.7. The summed E-state index contributed by atoms with van der Waals surface area (Å²) < 4.78 is 12.2. The highest BCUT2D eigenvalue weighted by Crippen LogP contribution is 2.42. The van der Waals surface area contributed by atoms with Crippen molar-refractivity contribution in [2.75, 3.05) is 19.8 Å². The van der Waals surface area contributed by atoms with Crippen LogP contribution in [0, 0.1) is 0 Å². The van der Waals surface area contributed by atoms with Crippen LogP contribution >= 0.6 is 15.9 Å². The molecule has 0 aliphatic carbocycles. The third-order valence-electron chi connectivity index (χ3n) is 2.93. The minimum absolute atomic E-state index is 0.217. The van der Waals surface area contributed by atoms with E-state index in [0.717, 1.165) is 35.2 Å². The Hall–Kier alpha value is -0.740. The predicted octanol–water partition coefficient (Wildman–Crippen LogP) is 2.71. The molecule has 0 amide bonds. The second-order valence-corrected chi connectivity index (χ2v) is 4.83. The number of hydrogen-bond donors (Lipinski definition) is 1. The number of hydrogen-bond acceptors (Lipinski definition) is 3. The maximum absolute atomic E-state index is 8.93. The molecule has 1 aromatic rings. The number of benzene rings is 1. The van der Waals surface area contributed by atoms with Crippen LogP contribution in [0.3, 0.4) is 0 Å². The lowest BCUT2D eigenvalue weighted by Gasteiger charge is -2.23. The van der Waals surface area contributed by atoms with E-state index in [9.17, 15) is 0 Å². The molecule has 1 heterocycles. The zero-order valence-corrected chi connectivity index (χ0v) is 11.5. The van der Waals surface area contributed by atoms with Crippen molar-refractivity contribution in [3.05, 3.63) is 21.7 Å². The van der Waals surface area contributed by atoms with E-state index in [2.05, 4.69) is 22.9 Å². The summed E-state index contributed by atoms with van der Waals surface area (Å²) >= 11 is 3.60. The SMILES string of the molecule is CCc1c(CCCO)cc2c(c1Br)OCCO2. The fourth-order valence-corrected chi connectivity index (χ4v) is 2.95. The molecule has 0 aromatic heterocycles. The topological polar surface area (TPSA) is 38.7 Å². The molecule has 0 atom stereocenters. The summed E-state index contributed by atoms with van der Waals surface area (Å²) in [5.41, 5.74) is 2.49. The maximum Gasteiger partial charge on any atom is 0.175 e. The molecule has 1 N–H and O–H groups in total. The molecule has 2 rings (SSSR count). The molecule has 0 spiro atoms. The average Bonchev–Trinajstić information content (AvgIpc) is 2.36. The summed E-state index contributed by atoms with van der Waals surface area (Å²) in [6, 6.07) is 2.05. The van der Waals surface area contributed by atoms with Crippen LogP contribution in [0.4, 0.5) is 0 Å². The average molecular weight is 301 g/mol. The number of aryl methyl sites for hydroxylation is 1. The van der Waals surface area contributed by atoms with Gasteiger partial charge in [0.25, 0.3) is 0 Å². The van der Waals surface area contributed by atoms with Gasteiger partial charge in [0.15, 0.2) is 11.5 Å². The van der Waals surface area contributed by atoms with Gasteiger partial charge in [0.05, 0.1) is 4.47 Å². The Morgan fingerprint density at radius 3 is 2.82 bits per heavy atom. The lowest BCUT2D eigenvalue weighted by atomic mass is 10.00. The second-order valence-electron chi connectivity index (χ2n) is 4.03. The minimum atomic E-state index is 0.217. The molecule has 4 heteroatoms. The lowest BCUT2D eigenvalue weighted by Crippen LogP contribution is -2.17. The van der Waals surface area contributed by atoms with E-state index in [1.807, 2.05) is 6.07 Å². The fraction of sp³-hybridized carbons (Fsp3) is 0.538. The van der Waals surface area contributed by atoms with Crippen molar-refractivity contribution in [1.29, 1.82) is 0 Å². The first-order valence-electron chi connectivity index (χ1n) is 5.98. The molecule has 0 radical (unpaired) electrons. The highest BCUT2D eigenvalue weighted by molar-refractivity contribution is 9.10. The molecule has 0 saturated carbocycles. The van der Waals surface area contributed by atoms with E-state index in [-0.39, 0.29) is 6.61 Å². The number of fused-ring (bicyclic) bond motifs is 1. The predicted molar refractivity (Wildman–Crippen MR) is 69.9 cm³/mol. The van der Waals surface area contributed by atoms with E-state index in [1.165, 1.54) is 11.1 Å². The lowest BCUT2D eigenvalue weighted by molar-refractivity contribution is 0.170. The standard InChI is InChI=1S/C13H17BrO3/c1-2-10-9(4-3-5-15)8-11-13(12(10)14)17-7-6-16-11/h8,15H,2-7H2,1H3. The Labute approximate surface area is 110 Å². The van der Waals surface area contributed by atoms with Gasteiger partial charge >= 0.3 is 0 Å². The molecular weight excluding hydrogens is 284 g/mol. The van der Waals surface area contributed by atoms with Gasteiger partial charge in [0, 0.05) is 6.61 Å². The normalized spacial score (nSPS) is 13.8. The Balaban J connectivity index is 2.40. The fourth-order valence-electron chi connectivity index (χ4n) is 2.11. The molecule has 1 aromatic carbocycles. The van der Waals surface area contributed by atoms with Crippen LogP contribution in [0.2, 0.25) is 0 Å². The van der Waals surface area contributed by atoms with Crippen LogP contribution in [0.15, 0.2) is 10.5 Å². The highest BCUT2D eigenvalue weighted by atomic mass is 79.9. The molecule has 0 unspecified atom stereocenters. The molecular formula is C13H17BrO3. The molecule has 1 aliphatic rings. The molecule has 0 fully saturated rings. The first-order chi connectivity index (χ1) is 8.27. The van der Waals surface area contributed by atoms with E-state index >= 15 is 0 Å². The highest BCUT2D eigenvalue weighted by Gasteiger charge is 2.20. The largest absolute Gasteiger partial charge is 0.486 e. The maximum atomic E-state index is 8.93. The van der Waals surface area contributed by atoms with Crippen molar-refractivity contribution in [1.82, 2.24) is 0 Å². The van der Waals surface area contributed by atoms with Gasteiger partial charge in [-0.1, -0.05) is 6.92 Å². The van der Waals surface area contributed by atoms with Gasteiger partial charge in [0.1, 0.15) is 13.2 Å². The first-order valence-corrected chi connectivity index (χ1v) is 6.78. The molecule has 0 saturated heterocycles. The van der Waals surface area contributed by atoms with Crippen LogP contribution < -0.4 is 9.47 Å². The number of aliphatic hydroxyl groups excluding tert-OH is 1. The molecule has 3 nitrogen and oxygen atoms in total. The van der Waals surface area contributed by atoms with Crippen molar-refractivity contribution in [2.45, 2.75) is 26.2 Å². The summed E-state index contributed by atoms with van der Waals surface area (Å²) in [5, 5.41) is 8.93. The van der Waals surface area contributed by atoms with Crippen LogP contribution in [0.5, 0.6) is 11.5 Å². The van der Waals surface area contributed by atoms with E-state index in [0.29, 0.717) is 13.2 Å². The van der Waals surface area contributed by atoms with Gasteiger partial charge in [-0.05, 0) is 52.4 Å². The molecule has 0 bridgehead atoms. The molecule has 1 aliphatic heterocycles. The minimum Gasteiger partial charge on any atom is -0.486 e. The van der Waals surface area contributed by atoms with Gasteiger partial charge in [-0.15, -0.1) is 0 Å². The van der Waals surface area contributed by atoms with E-state index in [4.69, 9.17) is 14.6 Å². The van der Waals surface area contributed by atoms with Gasteiger partial charge in [-0.2, -0.15) is 0 Å². The van der Waals surface area contributed by atoms with Crippen LogP contribution in [-0.2, 0) is 12.8 Å². The quantitative estimate of drug-likeness (QED) is 0.929. The van der Waals surface area contributed by atoms with Crippen molar-refractivity contribution in [3.8, 4) is 11.5 Å². The number of ether oxygens (including phenoxy) is 2. The zero-order chi connectivity index (χ0) is 12.3. The van der Waals surface area contributed by atoms with Crippen LogP contribution in [0.1, 0.15) is 24.5 Å². The summed E-state index contributed by atoms with van der Waals surface area (Å²) in [5.74, 6) is 1.63. The van der Waals surface area contributed by atoms with Crippen molar-refractivity contribution in [2.24, 2.45) is 0 Å². The van der Waals surface area contributed by atoms with Gasteiger partial charge in [-0.3, -0.25) is 0 Å². The van der Waals surface area contributed by atoms with Gasteiger partial charge in [-0.25, -0.2) is 0 Å². The summed E-state index contributed by atoms with van der Waals surface area (Å²) in [6.07, 6.45) is 2.59. The Morgan fingerprint density at radius 1 is 1.35 bits per heavy atom. The third kappa shape index (κ3) is 2.58. The Morgan fingerprint density at radius 2 is 2.12 bits per heavy atom. The summed E-state index contributed by atoms with van der Waals surface area (Å²) in [7, 11) is 0. The number of halogens is 1. The zero-order valence-electron chi connectivity index (χ0n) is 9.96. The van der Waals surface area contributed by atoms with Crippen molar-refractivity contribution < 1.29 is 14.6 Å². The van der Waals surface area contributed by atoms with E-state index in [1.54, 1.807) is 0 Å². The van der Waals surface area contributed by atoms with Crippen LogP contribution in [0.25, 0.3) is 0 Å². The van der Waals surface area contributed by atoms with Crippen molar-refractivity contribution >= 4 is 15.9 Å². The number of aliphatic hydroxyl groups is 1. The number of rotatable bonds is 4. The summed E-state index contributed by atoms with van der Waals surface area (Å²) in [6.45, 7) is 3.54.